The van der Waals surface area contributed by atoms with Gasteiger partial charge in [0.15, 0.2) is 0 Å². The molecule has 0 spiro atoms. The molecule has 4 rings (SSSR count). The van der Waals surface area contributed by atoms with Gasteiger partial charge in [-0.25, -0.2) is 0 Å². The van der Waals surface area contributed by atoms with E-state index in [1.54, 1.807) is 30.5 Å². The number of aliphatic hydroxyl groups excluding tert-OH is 1. The monoisotopic (exact) mass is 461 g/mol. The third-order valence-corrected chi connectivity index (χ3v) is 5.58. The summed E-state index contributed by atoms with van der Waals surface area (Å²) >= 11 is 6.30. The lowest BCUT2D eigenvalue weighted by Crippen LogP contribution is -2.27. The first-order chi connectivity index (χ1) is 15.9. The van der Waals surface area contributed by atoms with Gasteiger partial charge in [0, 0.05) is 29.7 Å². The number of rotatable bonds is 9. The Hall–Kier alpha value is -3.52. The number of nitrogens with one attached hydrogen (secondary N) is 4. The Balaban J connectivity index is 1.51. The van der Waals surface area contributed by atoms with Crippen LogP contribution in [0.4, 0.5) is 17.1 Å². The molecule has 8 heteroatoms. The zero-order valence-electron chi connectivity index (χ0n) is 18.0. The van der Waals surface area contributed by atoms with E-state index in [2.05, 4.69) is 20.9 Å². The molecule has 0 aliphatic heterocycles. The predicted molar refractivity (Wildman–Crippen MR) is 132 cm³/mol. The van der Waals surface area contributed by atoms with Crippen molar-refractivity contribution < 1.29 is 9.90 Å². The number of allylic oxidation sites excluding steroid dienone is 1. The lowest BCUT2D eigenvalue weighted by molar-refractivity contribution is 0.102. The number of nitrogens with zero attached hydrogens (tertiary/aromatic N) is 1. The number of anilines is 3. The molecule has 1 aliphatic carbocycles. The van der Waals surface area contributed by atoms with E-state index in [0.717, 1.165) is 28.9 Å². The number of hydrogen-bond acceptors (Lipinski definition) is 6. The minimum absolute atomic E-state index is 0.313. The summed E-state index contributed by atoms with van der Waals surface area (Å²) in [6.07, 6.45) is 5.01. The van der Waals surface area contributed by atoms with Gasteiger partial charge < -0.3 is 21.1 Å². The molecular formula is C25H24ClN5O2. The number of aliphatic hydroxyl groups is 1. The number of carbonyl (C=O) groups is 1. The van der Waals surface area contributed by atoms with E-state index in [0.29, 0.717) is 34.1 Å². The first kappa shape index (κ1) is 22.7. The van der Waals surface area contributed by atoms with E-state index in [1.165, 1.54) is 6.21 Å². The highest BCUT2D eigenvalue weighted by molar-refractivity contribution is 6.34. The van der Waals surface area contributed by atoms with E-state index < -0.39 is 6.23 Å². The molecule has 0 bridgehead atoms. The molecule has 7 nitrogen and oxygen atoms in total. The van der Waals surface area contributed by atoms with Gasteiger partial charge in [0.25, 0.3) is 5.91 Å². The summed E-state index contributed by atoms with van der Waals surface area (Å²) in [7, 11) is 0. The molecule has 3 aromatic rings. The van der Waals surface area contributed by atoms with Gasteiger partial charge in [-0.3, -0.25) is 15.1 Å². The minimum atomic E-state index is -0.674. The normalized spacial score (nSPS) is 13.1. The highest BCUT2D eigenvalue weighted by Crippen LogP contribution is 2.27. The Kier molecular flexibility index (Phi) is 6.84. The molecule has 1 atom stereocenters. The number of halogens is 1. The van der Waals surface area contributed by atoms with Crippen LogP contribution in [-0.2, 0) is 6.54 Å². The summed E-state index contributed by atoms with van der Waals surface area (Å²) in [5, 5.41) is 27.3. The van der Waals surface area contributed by atoms with Crippen LogP contribution in [0.1, 0.15) is 33.6 Å². The SMILES string of the molecule is Cc1ccc(Nc2cccc(NC(=O)c3cc(CNC(O)C4=CC4)ccc3Cl)c2C=N)cn1. The molecule has 5 N–H and O–H groups in total. The van der Waals surface area contributed by atoms with Crippen molar-refractivity contribution in [1.82, 2.24) is 10.3 Å². The van der Waals surface area contributed by atoms with Crippen LogP contribution >= 0.6 is 11.6 Å². The number of carbonyl (C=O) groups excluding carboxylic acids is 1. The summed E-state index contributed by atoms with van der Waals surface area (Å²) < 4.78 is 0. The van der Waals surface area contributed by atoms with Crippen molar-refractivity contribution in [3.05, 3.63) is 93.8 Å². The van der Waals surface area contributed by atoms with Crippen molar-refractivity contribution in [1.29, 1.82) is 5.41 Å². The molecule has 1 heterocycles. The van der Waals surface area contributed by atoms with Crippen molar-refractivity contribution in [3.63, 3.8) is 0 Å². The maximum Gasteiger partial charge on any atom is 0.257 e. The molecule has 1 unspecified atom stereocenters. The summed E-state index contributed by atoms with van der Waals surface area (Å²) in [4.78, 5) is 17.3. The van der Waals surface area contributed by atoms with Crippen LogP contribution in [0.15, 0.2) is 66.4 Å². The number of hydrogen-bond donors (Lipinski definition) is 5. The first-order valence-electron chi connectivity index (χ1n) is 10.5. The van der Waals surface area contributed by atoms with Gasteiger partial charge in [-0.05, 0) is 60.9 Å². The molecular weight excluding hydrogens is 438 g/mol. The van der Waals surface area contributed by atoms with Gasteiger partial charge in [0.05, 0.1) is 28.2 Å². The predicted octanol–water partition coefficient (Wildman–Crippen LogP) is 4.78. The van der Waals surface area contributed by atoms with E-state index in [-0.39, 0.29) is 5.91 Å². The summed E-state index contributed by atoms with van der Waals surface area (Å²) in [6, 6.07) is 14.3. The second-order valence-electron chi connectivity index (χ2n) is 7.76. The highest BCUT2D eigenvalue weighted by Gasteiger charge is 2.18. The van der Waals surface area contributed by atoms with Crippen LogP contribution in [-0.4, -0.2) is 28.4 Å². The number of amides is 1. The molecule has 0 saturated carbocycles. The molecule has 1 amide bonds. The first-order valence-corrected chi connectivity index (χ1v) is 10.9. The molecule has 1 aliphatic rings. The highest BCUT2D eigenvalue weighted by atomic mass is 35.5. The molecule has 0 radical (unpaired) electrons. The number of aromatic nitrogens is 1. The van der Waals surface area contributed by atoms with Crippen LogP contribution in [0.25, 0.3) is 0 Å². The van der Waals surface area contributed by atoms with E-state index in [9.17, 15) is 9.90 Å². The average Bonchev–Trinajstić information content (AvgIpc) is 3.65. The molecule has 2 aromatic carbocycles. The van der Waals surface area contributed by atoms with Crippen LogP contribution in [0, 0.1) is 12.3 Å². The Morgan fingerprint density at radius 3 is 2.73 bits per heavy atom. The fourth-order valence-corrected chi connectivity index (χ4v) is 3.51. The standard InChI is InChI=1S/C25H24ClN5O2/c1-15-5-9-18(14-28-15)30-22-3-2-4-23(20(22)12-27)31-25(33)19-11-16(6-10-21(19)26)13-29-24(32)17-7-8-17/h2-7,9-12,14,24,27,29-30,32H,8,13H2,1H3,(H,31,33). The molecule has 1 aromatic heterocycles. The molecule has 33 heavy (non-hydrogen) atoms. The topological polar surface area (TPSA) is 110 Å². The fraction of sp³-hybridized carbons (Fsp3) is 0.160. The zero-order chi connectivity index (χ0) is 23.4. The average molecular weight is 462 g/mol. The quantitative estimate of drug-likeness (QED) is 0.179. The lowest BCUT2D eigenvalue weighted by atomic mass is 10.1. The Bertz CT molecular complexity index is 1220. The van der Waals surface area contributed by atoms with Crippen LogP contribution < -0.4 is 16.0 Å². The zero-order valence-corrected chi connectivity index (χ0v) is 18.8. The van der Waals surface area contributed by atoms with Gasteiger partial charge in [-0.2, -0.15) is 0 Å². The lowest BCUT2D eigenvalue weighted by Gasteiger charge is -2.15. The van der Waals surface area contributed by atoms with Gasteiger partial charge in [0.1, 0.15) is 6.23 Å². The molecule has 168 valence electrons. The van der Waals surface area contributed by atoms with Crippen molar-refractivity contribution in [2.24, 2.45) is 0 Å². The maximum atomic E-state index is 13.0. The van der Waals surface area contributed by atoms with Crippen molar-refractivity contribution >= 4 is 40.8 Å². The third kappa shape index (κ3) is 5.64. The Labute approximate surface area is 197 Å². The van der Waals surface area contributed by atoms with Gasteiger partial charge in [-0.1, -0.05) is 29.8 Å². The van der Waals surface area contributed by atoms with E-state index in [4.69, 9.17) is 17.0 Å². The van der Waals surface area contributed by atoms with Crippen LogP contribution in [0.3, 0.4) is 0 Å². The second kappa shape index (κ2) is 9.95. The van der Waals surface area contributed by atoms with Crippen molar-refractivity contribution in [2.45, 2.75) is 26.1 Å². The number of aryl methyl sites for hydroxylation is 1. The summed E-state index contributed by atoms with van der Waals surface area (Å²) in [6.45, 7) is 2.30. The van der Waals surface area contributed by atoms with Crippen molar-refractivity contribution in [2.75, 3.05) is 10.6 Å². The van der Waals surface area contributed by atoms with Crippen LogP contribution in [0.5, 0.6) is 0 Å². The van der Waals surface area contributed by atoms with E-state index >= 15 is 0 Å². The minimum Gasteiger partial charge on any atom is -0.375 e. The largest absolute Gasteiger partial charge is 0.375 e. The second-order valence-corrected chi connectivity index (χ2v) is 8.17. The van der Waals surface area contributed by atoms with Gasteiger partial charge in [0.2, 0.25) is 0 Å². The van der Waals surface area contributed by atoms with E-state index in [1.807, 2.05) is 37.3 Å². The smallest absolute Gasteiger partial charge is 0.257 e. The van der Waals surface area contributed by atoms with Gasteiger partial charge in [-0.15, -0.1) is 0 Å². The summed E-state index contributed by atoms with van der Waals surface area (Å²) in [5.74, 6) is -0.385. The summed E-state index contributed by atoms with van der Waals surface area (Å²) in [5.41, 5.74) is 5.46. The molecule has 0 fully saturated rings. The third-order valence-electron chi connectivity index (χ3n) is 5.26. The maximum absolute atomic E-state index is 13.0. The van der Waals surface area contributed by atoms with Crippen molar-refractivity contribution in [3.8, 4) is 0 Å². The number of pyridine rings is 1. The molecule has 0 saturated heterocycles. The fourth-order valence-electron chi connectivity index (χ4n) is 3.31. The van der Waals surface area contributed by atoms with Gasteiger partial charge >= 0.3 is 0 Å². The Morgan fingerprint density at radius 2 is 2.03 bits per heavy atom. The Morgan fingerprint density at radius 1 is 1.24 bits per heavy atom. The van der Waals surface area contributed by atoms with Crippen LogP contribution in [0.2, 0.25) is 5.02 Å². The number of benzene rings is 2.